The maximum atomic E-state index is 12.6. The van der Waals surface area contributed by atoms with Crippen LogP contribution in [0.2, 0.25) is 0 Å². The van der Waals surface area contributed by atoms with Crippen LogP contribution in [-0.4, -0.2) is 58.3 Å². The van der Waals surface area contributed by atoms with E-state index in [1.807, 2.05) is 0 Å². The predicted octanol–water partition coefficient (Wildman–Crippen LogP) is 1.86. The number of aromatic amines is 1. The number of anilines is 1. The molecule has 1 aliphatic heterocycles. The highest BCUT2D eigenvalue weighted by molar-refractivity contribution is 5.88. The number of carbonyl (C=O) groups excluding carboxylic acids is 1. The molecule has 0 aliphatic carbocycles. The highest BCUT2D eigenvalue weighted by Crippen LogP contribution is 2.29. The van der Waals surface area contributed by atoms with Gasteiger partial charge in [0.2, 0.25) is 0 Å². The summed E-state index contributed by atoms with van der Waals surface area (Å²) in [4.78, 5) is 27.8. The van der Waals surface area contributed by atoms with Crippen LogP contribution in [0.1, 0.15) is 30.0 Å². The number of piperidine rings is 1. The van der Waals surface area contributed by atoms with Crippen molar-refractivity contribution in [3.63, 3.8) is 0 Å². The SMILES string of the molecule is [2H]c1c(C)[nH]c2ncnc(N(C([2H])([2H])[2H])[C@@]3([2H])CN(C(=O)C([2H])([2H])[N+]#[C-])CC[C@@]3([2H])C)c12. The van der Waals surface area contributed by atoms with Crippen molar-refractivity contribution in [1.82, 2.24) is 19.9 Å². The first-order chi connectivity index (χ1) is 14.6. The van der Waals surface area contributed by atoms with E-state index in [9.17, 15) is 4.79 Å². The number of aryl methyl sites for hydroxylation is 1. The van der Waals surface area contributed by atoms with Crippen LogP contribution in [-0.2, 0) is 4.79 Å². The molecule has 3 heterocycles. The molecule has 2 atom stereocenters. The minimum atomic E-state index is -3.01. The summed E-state index contributed by atoms with van der Waals surface area (Å²) in [5.74, 6) is -3.19. The summed E-state index contributed by atoms with van der Waals surface area (Å²) in [5.41, 5.74) is 0.598. The van der Waals surface area contributed by atoms with E-state index >= 15 is 0 Å². The molecule has 2 aromatic rings. The lowest BCUT2D eigenvalue weighted by Crippen LogP contribution is -2.53. The Hall–Kier alpha value is -2.62. The number of carbonyl (C=O) groups is 1. The monoisotopic (exact) mass is 334 g/mol. The van der Waals surface area contributed by atoms with Gasteiger partial charge in [0, 0.05) is 31.2 Å². The fraction of sp³-hybridized carbons (Fsp3) is 0.529. The van der Waals surface area contributed by atoms with Crippen molar-refractivity contribution in [2.24, 2.45) is 5.89 Å². The average molecular weight is 334 g/mol. The van der Waals surface area contributed by atoms with Crippen LogP contribution in [0.15, 0.2) is 12.4 Å². The van der Waals surface area contributed by atoms with Crippen LogP contribution in [0.25, 0.3) is 15.9 Å². The smallest absolute Gasteiger partial charge is 0.302 e. The molecule has 0 saturated carbocycles. The van der Waals surface area contributed by atoms with Gasteiger partial charge in [0.1, 0.15) is 20.5 Å². The number of hydrogen-bond acceptors (Lipinski definition) is 4. The zero-order valence-electron chi connectivity index (χ0n) is 21.3. The van der Waals surface area contributed by atoms with Crippen LogP contribution < -0.4 is 4.90 Å². The first-order valence-electron chi connectivity index (χ1n) is 11.3. The maximum Gasteiger partial charge on any atom is 0.302 e. The predicted molar refractivity (Wildman–Crippen MR) is 92.6 cm³/mol. The Balaban J connectivity index is 2.23. The molecule has 0 bridgehead atoms. The summed E-state index contributed by atoms with van der Waals surface area (Å²) in [6.45, 7) is 3.26. The van der Waals surface area contributed by atoms with Crippen molar-refractivity contribution in [3.8, 4) is 0 Å². The van der Waals surface area contributed by atoms with Gasteiger partial charge in [-0.3, -0.25) is 4.79 Å². The lowest BCUT2D eigenvalue weighted by atomic mass is 9.92. The fourth-order valence-electron chi connectivity index (χ4n) is 2.68. The van der Waals surface area contributed by atoms with Crippen molar-refractivity contribution in [3.05, 3.63) is 29.5 Å². The Labute approximate surface area is 152 Å². The lowest BCUT2D eigenvalue weighted by Gasteiger charge is -2.41. The molecule has 0 radical (unpaired) electrons. The number of rotatable bonds is 3. The van der Waals surface area contributed by atoms with E-state index in [0.29, 0.717) is 10.6 Å². The largest absolute Gasteiger partial charge is 0.354 e. The third-order valence-corrected chi connectivity index (χ3v) is 3.96. The molecule has 7 heteroatoms. The van der Waals surface area contributed by atoms with Crippen LogP contribution in [0.3, 0.4) is 0 Å². The first-order valence-corrected chi connectivity index (χ1v) is 7.35. The van der Waals surface area contributed by atoms with Gasteiger partial charge in [-0.1, -0.05) is 6.92 Å². The molecular formula is C17H22N6O. The van der Waals surface area contributed by atoms with E-state index in [-0.39, 0.29) is 35.9 Å². The minimum Gasteiger partial charge on any atom is -0.354 e. The fourth-order valence-corrected chi connectivity index (χ4v) is 2.68. The number of amides is 1. The maximum absolute atomic E-state index is 12.6. The van der Waals surface area contributed by atoms with E-state index in [0.717, 1.165) is 11.2 Å². The first kappa shape index (κ1) is 9.02. The number of likely N-dealkylation sites (N-methyl/N-ethyl adjacent to an activating group) is 1. The molecule has 1 amide bonds. The molecule has 1 N–H and O–H groups in total. The Morgan fingerprint density at radius 2 is 2.58 bits per heavy atom. The van der Waals surface area contributed by atoms with E-state index < -0.39 is 37.8 Å². The quantitative estimate of drug-likeness (QED) is 0.870. The van der Waals surface area contributed by atoms with Gasteiger partial charge < -0.3 is 19.6 Å². The number of hydrogen-bond donors (Lipinski definition) is 1. The van der Waals surface area contributed by atoms with Crippen molar-refractivity contribution >= 4 is 22.8 Å². The summed E-state index contributed by atoms with van der Waals surface area (Å²) >= 11 is 0. The second-order valence-electron chi connectivity index (χ2n) is 5.56. The summed E-state index contributed by atoms with van der Waals surface area (Å²) in [5, 5.41) is 0.0588. The van der Waals surface area contributed by atoms with E-state index in [2.05, 4.69) is 19.8 Å². The normalized spacial score (nSPS) is 33.0. The molecular weight excluding hydrogens is 304 g/mol. The Kier molecular flexibility index (Phi) is 2.43. The molecule has 1 aliphatic rings. The number of aromatic nitrogens is 3. The molecule has 1 saturated heterocycles. The second-order valence-corrected chi connectivity index (χ2v) is 5.56. The third kappa shape index (κ3) is 2.92. The molecule has 3 rings (SSSR count). The highest BCUT2D eigenvalue weighted by Gasteiger charge is 2.33. The van der Waals surface area contributed by atoms with Crippen molar-refractivity contribution in [1.29, 1.82) is 0 Å². The second kappa shape index (κ2) is 6.48. The number of fused-ring (bicyclic) bond motifs is 1. The third-order valence-electron chi connectivity index (χ3n) is 3.96. The van der Waals surface area contributed by atoms with E-state index in [1.54, 1.807) is 6.92 Å². The van der Waals surface area contributed by atoms with Gasteiger partial charge in [-0.05, 0) is 25.3 Å². The van der Waals surface area contributed by atoms with E-state index in [1.165, 1.54) is 6.92 Å². The van der Waals surface area contributed by atoms with Crippen molar-refractivity contribution in [2.75, 3.05) is 31.5 Å². The molecule has 1 fully saturated rings. The van der Waals surface area contributed by atoms with Gasteiger partial charge in [0.05, 0.1) is 14.1 Å². The number of nitrogens with one attached hydrogen (secondary N) is 1. The van der Waals surface area contributed by atoms with Gasteiger partial charge in [0.15, 0.2) is 0 Å². The van der Waals surface area contributed by atoms with Crippen molar-refractivity contribution in [2.45, 2.75) is 26.3 Å². The number of H-pyrrole nitrogens is 1. The minimum absolute atomic E-state index is 0.0588. The molecule has 0 spiro atoms. The van der Waals surface area contributed by atoms with Gasteiger partial charge in [-0.2, -0.15) is 0 Å². The Morgan fingerprint density at radius 1 is 1.75 bits per heavy atom. The number of nitrogens with zero attached hydrogens (tertiary/aromatic N) is 5. The molecule has 126 valence electrons. The molecule has 24 heavy (non-hydrogen) atoms. The lowest BCUT2D eigenvalue weighted by molar-refractivity contribution is -0.130. The molecule has 7 nitrogen and oxygen atoms in total. The van der Waals surface area contributed by atoms with E-state index in [4.69, 9.17) is 17.5 Å². The van der Waals surface area contributed by atoms with Crippen LogP contribution in [0.4, 0.5) is 5.82 Å². The van der Waals surface area contributed by atoms with Gasteiger partial charge in [-0.25, -0.2) is 16.5 Å². The Bertz CT molecular complexity index is 1110. The average Bonchev–Trinajstić information content (AvgIpc) is 2.97. The standard InChI is InChI=1S/C17H22N6O/c1-11-5-6-23(15(24)8-18-3)9-14(11)22(4)17-13-7-12(2)21-16(13)19-10-20-17/h7,10-11,14H,5-6,8-9H2,1-2,4H3,(H,19,20,21)/t11-,14+/m1/s1/i4D3,7D,8D2,11D,14D. The van der Waals surface area contributed by atoms with Crippen molar-refractivity contribution < 1.29 is 15.8 Å². The summed E-state index contributed by atoms with van der Waals surface area (Å²) in [6.07, 6.45) is 0.941. The molecule has 2 aromatic heterocycles. The summed E-state index contributed by atoms with van der Waals surface area (Å²) < 4.78 is 65.9. The van der Waals surface area contributed by atoms with Gasteiger partial charge in [0.25, 0.3) is 6.50 Å². The zero-order valence-corrected chi connectivity index (χ0v) is 13.3. The molecule has 0 aromatic carbocycles. The van der Waals surface area contributed by atoms with Gasteiger partial charge in [-0.15, -0.1) is 0 Å². The summed E-state index contributed by atoms with van der Waals surface area (Å²) in [6, 6.07) is -2.38. The highest BCUT2D eigenvalue weighted by atomic mass is 16.2. The summed E-state index contributed by atoms with van der Waals surface area (Å²) in [7, 11) is 0. The van der Waals surface area contributed by atoms with Crippen LogP contribution in [0, 0.1) is 19.4 Å². The van der Waals surface area contributed by atoms with Gasteiger partial charge >= 0.3 is 5.91 Å². The van der Waals surface area contributed by atoms with Crippen LogP contribution in [0.5, 0.6) is 0 Å². The van der Waals surface area contributed by atoms with Crippen LogP contribution >= 0.6 is 0 Å². The topological polar surface area (TPSA) is 69.5 Å². The molecule has 0 unspecified atom stereocenters. The zero-order chi connectivity index (χ0) is 24.3. The Morgan fingerprint density at radius 3 is 3.33 bits per heavy atom. The number of likely N-dealkylation sites (tertiary alicyclic amines) is 1.